The summed E-state index contributed by atoms with van der Waals surface area (Å²) < 4.78 is 1.72. The first kappa shape index (κ1) is 16.1. The van der Waals surface area contributed by atoms with E-state index >= 15 is 0 Å². The van der Waals surface area contributed by atoms with Crippen LogP contribution in [-0.2, 0) is 20.9 Å². The number of carbonyl (C=O) groups excluding carboxylic acids is 3. The van der Waals surface area contributed by atoms with Gasteiger partial charge in [0.25, 0.3) is 0 Å². The van der Waals surface area contributed by atoms with Gasteiger partial charge in [0.15, 0.2) is 0 Å². The van der Waals surface area contributed by atoms with Crippen LogP contribution in [-0.4, -0.2) is 38.9 Å². The number of hydrogen-bond acceptors (Lipinski definition) is 4. The van der Waals surface area contributed by atoms with Crippen LogP contribution in [0.3, 0.4) is 0 Å². The number of rotatable bonds is 5. The van der Waals surface area contributed by atoms with Crippen molar-refractivity contribution in [2.45, 2.75) is 26.8 Å². The molecule has 2 bridgehead atoms. The lowest BCUT2D eigenvalue weighted by molar-refractivity contribution is -0.143. The number of imide groups is 1. The van der Waals surface area contributed by atoms with E-state index in [0.717, 1.165) is 11.3 Å². The number of hydrogen-bond donors (Lipinski definition) is 1. The number of likely N-dealkylation sites (tertiary alicyclic amines) is 1. The van der Waals surface area contributed by atoms with Gasteiger partial charge in [0, 0.05) is 12.6 Å². The minimum absolute atomic E-state index is 0.159. The van der Waals surface area contributed by atoms with E-state index < -0.39 is 0 Å². The number of nitrogens with zero attached hydrogens (tertiary/aromatic N) is 3. The zero-order valence-corrected chi connectivity index (χ0v) is 14.4. The molecule has 3 amide bonds. The molecule has 7 heteroatoms. The lowest BCUT2D eigenvalue weighted by atomic mass is 9.85. The third-order valence-corrected chi connectivity index (χ3v) is 5.39. The molecule has 2 aliphatic carbocycles. The topological polar surface area (TPSA) is 84.3 Å². The van der Waals surface area contributed by atoms with E-state index in [-0.39, 0.29) is 47.9 Å². The van der Waals surface area contributed by atoms with E-state index in [1.807, 2.05) is 12.2 Å². The molecule has 3 aliphatic rings. The van der Waals surface area contributed by atoms with Crippen molar-refractivity contribution < 1.29 is 14.4 Å². The highest BCUT2D eigenvalue weighted by Gasteiger charge is 2.59. The van der Waals surface area contributed by atoms with Gasteiger partial charge in [-0.1, -0.05) is 26.0 Å². The first-order valence-corrected chi connectivity index (χ1v) is 8.81. The first-order chi connectivity index (χ1) is 12.0. The summed E-state index contributed by atoms with van der Waals surface area (Å²) in [6.45, 7) is 4.59. The number of aromatic nitrogens is 2. The fourth-order valence-corrected chi connectivity index (χ4v) is 4.38. The van der Waals surface area contributed by atoms with Crippen molar-refractivity contribution in [2.75, 3.05) is 11.9 Å². The van der Waals surface area contributed by atoms with Gasteiger partial charge in [0.1, 0.15) is 12.4 Å². The highest BCUT2D eigenvalue weighted by molar-refractivity contribution is 6.09. The quantitative estimate of drug-likeness (QED) is 0.645. The molecule has 0 spiro atoms. The van der Waals surface area contributed by atoms with Crippen LogP contribution in [0.2, 0.25) is 0 Å². The summed E-state index contributed by atoms with van der Waals surface area (Å²) in [6.07, 6.45) is 6.61. The van der Waals surface area contributed by atoms with Crippen LogP contribution in [0.5, 0.6) is 0 Å². The second-order valence-electron chi connectivity index (χ2n) is 7.60. The maximum absolute atomic E-state index is 12.6. The van der Waals surface area contributed by atoms with Crippen molar-refractivity contribution >= 4 is 23.5 Å². The molecule has 2 fully saturated rings. The first-order valence-electron chi connectivity index (χ1n) is 8.81. The monoisotopic (exact) mass is 342 g/mol. The standard InChI is InChI=1S/C18H22N4O3/c1-10(2)8-22-13(5-6-19-22)20-14(23)9-21-17(24)15-11-3-4-12(7-11)16(15)18(21)25/h3-6,10-12,15-16H,7-9H2,1-2H3,(H,20,23). The van der Waals surface area contributed by atoms with E-state index in [0.29, 0.717) is 18.3 Å². The number of amides is 3. The minimum Gasteiger partial charge on any atom is -0.309 e. The van der Waals surface area contributed by atoms with E-state index in [2.05, 4.69) is 24.3 Å². The predicted octanol–water partition coefficient (Wildman–Crippen LogP) is 1.28. The third-order valence-electron chi connectivity index (χ3n) is 5.39. The van der Waals surface area contributed by atoms with E-state index in [9.17, 15) is 14.4 Å². The maximum Gasteiger partial charge on any atom is 0.245 e. The number of nitrogens with one attached hydrogen (secondary N) is 1. The van der Waals surface area contributed by atoms with Crippen LogP contribution in [0, 0.1) is 29.6 Å². The van der Waals surface area contributed by atoms with Crippen molar-refractivity contribution in [3.63, 3.8) is 0 Å². The molecule has 1 aromatic rings. The van der Waals surface area contributed by atoms with Crippen LogP contribution in [0.4, 0.5) is 5.82 Å². The highest BCUT2D eigenvalue weighted by atomic mass is 16.2. The van der Waals surface area contributed by atoms with Crippen molar-refractivity contribution in [1.29, 1.82) is 0 Å². The maximum atomic E-state index is 12.6. The molecule has 1 aromatic heterocycles. The second-order valence-corrected chi connectivity index (χ2v) is 7.60. The second kappa shape index (κ2) is 5.82. The Balaban J connectivity index is 1.43. The molecular weight excluding hydrogens is 320 g/mol. The smallest absolute Gasteiger partial charge is 0.245 e. The van der Waals surface area contributed by atoms with Gasteiger partial charge in [-0.15, -0.1) is 0 Å². The average molecular weight is 342 g/mol. The molecule has 25 heavy (non-hydrogen) atoms. The molecule has 7 nitrogen and oxygen atoms in total. The van der Waals surface area contributed by atoms with Crippen LogP contribution in [0.1, 0.15) is 20.3 Å². The predicted molar refractivity (Wildman–Crippen MR) is 90.1 cm³/mol. The van der Waals surface area contributed by atoms with Crippen molar-refractivity contribution in [3.8, 4) is 0 Å². The fourth-order valence-electron chi connectivity index (χ4n) is 4.38. The van der Waals surface area contributed by atoms with Gasteiger partial charge in [-0.25, -0.2) is 4.68 Å². The molecule has 4 atom stereocenters. The molecule has 2 heterocycles. The molecule has 1 saturated heterocycles. The van der Waals surface area contributed by atoms with Gasteiger partial charge in [0.05, 0.1) is 18.0 Å². The summed E-state index contributed by atoms with van der Waals surface area (Å²) >= 11 is 0. The lowest BCUT2D eigenvalue weighted by Gasteiger charge is -2.17. The normalized spacial score (nSPS) is 29.8. The Morgan fingerprint density at radius 3 is 2.48 bits per heavy atom. The molecular formula is C18H22N4O3. The van der Waals surface area contributed by atoms with Crippen LogP contribution in [0.15, 0.2) is 24.4 Å². The Labute approximate surface area is 146 Å². The summed E-state index contributed by atoms with van der Waals surface area (Å²) in [5.41, 5.74) is 0. The number of allylic oxidation sites excluding steroid dienone is 2. The molecule has 1 aliphatic heterocycles. The Kier molecular flexibility index (Phi) is 3.74. The zero-order chi connectivity index (χ0) is 17.7. The third kappa shape index (κ3) is 2.58. The van der Waals surface area contributed by atoms with Gasteiger partial charge in [-0.3, -0.25) is 19.3 Å². The zero-order valence-electron chi connectivity index (χ0n) is 14.4. The Morgan fingerprint density at radius 1 is 1.24 bits per heavy atom. The summed E-state index contributed by atoms with van der Waals surface area (Å²) in [4.78, 5) is 38.7. The van der Waals surface area contributed by atoms with Gasteiger partial charge < -0.3 is 5.32 Å². The van der Waals surface area contributed by atoms with Gasteiger partial charge in [0.2, 0.25) is 17.7 Å². The largest absolute Gasteiger partial charge is 0.309 e. The molecule has 1 saturated carbocycles. The van der Waals surface area contributed by atoms with E-state index in [4.69, 9.17) is 0 Å². The fraction of sp³-hybridized carbons (Fsp3) is 0.556. The number of carbonyl (C=O) groups is 3. The minimum atomic E-state index is -0.368. The van der Waals surface area contributed by atoms with Crippen LogP contribution >= 0.6 is 0 Å². The van der Waals surface area contributed by atoms with Crippen molar-refractivity contribution in [3.05, 3.63) is 24.4 Å². The average Bonchev–Trinajstić information content (AvgIpc) is 3.30. The molecule has 4 rings (SSSR count). The molecule has 0 aromatic carbocycles. The SMILES string of the molecule is CC(C)Cn1nccc1NC(=O)CN1C(=O)C2C3C=CC(C3)C2C1=O. The summed E-state index contributed by atoms with van der Waals surface area (Å²) in [7, 11) is 0. The summed E-state index contributed by atoms with van der Waals surface area (Å²) in [6, 6.07) is 1.72. The molecule has 1 N–H and O–H groups in total. The Morgan fingerprint density at radius 2 is 1.88 bits per heavy atom. The Bertz CT molecular complexity index is 736. The van der Waals surface area contributed by atoms with Gasteiger partial charge in [-0.2, -0.15) is 5.10 Å². The van der Waals surface area contributed by atoms with Gasteiger partial charge >= 0.3 is 0 Å². The van der Waals surface area contributed by atoms with Crippen molar-refractivity contribution in [1.82, 2.24) is 14.7 Å². The van der Waals surface area contributed by atoms with E-state index in [1.165, 1.54) is 0 Å². The molecule has 132 valence electrons. The number of fused-ring (bicyclic) bond motifs is 5. The lowest BCUT2D eigenvalue weighted by Crippen LogP contribution is -2.39. The van der Waals surface area contributed by atoms with Crippen LogP contribution in [0.25, 0.3) is 0 Å². The highest BCUT2D eigenvalue weighted by Crippen LogP contribution is 2.52. The van der Waals surface area contributed by atoms with E-state index in [1.54, 1.807) is 16.9 Å². The van der Waals surface area contributed by atoms with Crippen molar-refractivity contribution in [2.24, 2.45) is 29.6 Å². The molecule has 4 unspecified atom stereocenters. The summed E-state index contributed by atoms with van der Waals surface area (Å²) in [5, 5.41) is 6.96. The summed E-state index contributed by atoms with van der Waals surface area (Å²) in [5.74, 6) is 0.00438. The number of anilines is 1. The molecule has 0 radical (unpaired) electrons. The Hall–Kier alpha value is -2.44. The van der Waals surface area contributed by atoms with Crippen LogP contribution < -0.4 is 5.32 Å². The van der Waals surface area contributed by atoms with Gasteiger partial charge in [-0.05, 0) is 24.2 Å².